The van der Waals surface area contributed by atoms with Crippen molar-refractivity contribution in [3.05, 3.63) is 60.7 Å². The monoisotopic (exact) mass is 344 g/mol. The minimum absolute atomic E-state index is 0.0268. The highest BCUT2D eigenvalue weighted by Gasteiger charge is 2.35. The molecule has 0 radical (unpaired) electrons. The van der Waals surface area contributed by atoms with Crippen molar-refractivity contribution in [2.75, 3.05) is 28.3 Å². The van der Waals surface area contributed by atoms with Crippen LogP contribution in [0.15, 0.2) is 60.7 Å². The molecule has 1 amide bonds. The molecule has 1 fully saturated rings. The first-order chi connectivity index (χ1) is 11.6. The fourth-order valence-corrected chi connectivity index (χ4v) is 4.64. The normalized spacial score (nSPS) is 18.9. The Bertz CT molecular complexity index is 792. The summed E-state index contributed by atoms with van der Waals surface area (Å²) in [4.78, 5) is 14.4. The summed E-state index contributed by atoms with van der Waals surface area (Å²) in [6.45, 7) is 0.120. The van der Waals surface area contributed by atoms with E-state index < -0.39 is 9.84 Å². The fourth-order valence-electron chi connectivity index (χ4n) is 2.94. The third-order valence-electron chi connectivity index (χ3n) is 4.09. The van der Waals surface area contributed by atoms with Gasteiger partial charge in [0.2, 0.25) is 5.91 Å². The first-order valence-corrected chi connectivity index (χ1v) is 9.74. The van der Waals surface area contributed by atoms with Crippen molar-refractivity contribution in [3.8, 4) is 0 Å². The smallest absolute Gasteiger partial charge is 0.246 e. The number of para-hydroxylation sites is 2. The lowest BCUT2D eigenvalue weighted by atomic mass is 10.1. The minimum Gasteiger partial charge on any atom is -0.376 e. The summed E-state index contributed by atoms with van der Waals surface area (Å²) in [6, 6.07) is 18.4. The van der Waals surface area contributed by atoms with Gasteiger partial charge in [0.1, 0.15) is 0 Å². The van der Waals surface area contributed by atoms with Gasteiger partial charge in [0.15, 0.2) is 9.84 Å². The molecule has 0 saturated carbocycles. The molecule has 1 aliphatic rings. The first-order valence-electron chi connectivity index (χ1n) is 7.92. The van der Waals surface area contributed by atoms with Gasteiger partial charge in [0.05, 0.1) is 24.1 Å². The molecule has 126 valence electrons. The third-order valence-corrected chi connectivity index (χ3v) is 5.84. The molecule has 2 aromatic carbocycles. The van der Waals surface area contributed by atoms with Crippen molar-refractivity contribution in [2.45, 2.75) is 12.5 Å². The summed E-state index contributed by atoms with van der Waals surface area (Å²) >= 11 is 0. The van der Waals surface area contributed by atoms with Crippen LogP contribution in [0, 0.1) is 0 Å². The van der Waals surface area contributed by atoms with Crippen LogP contribution >= 0.6 is 0 Å². The number of carbonyl (C=O) groups is 1. The number of nitrogens with one attached hydrogen (secondary N) is 1. The van der Waals surface area contributed by atoms with E-state index >= 15 is 0 Å². The van der Waals surface area contributed by atoms with Crippen LogP contribution in [0.2, 0.25) is 0 Å². The Labute approximate surface area is 142 Å². The van der Waals surface area contributed by atoms with Gasteiger partial charge in [-0.05, 0) is 30.7 Å². The Kier molecular flexibility index (Phi) is 4.85. The van der Waals surface area contributed by atoms with E-state index in [2.05, 4.69) is 5.32 Å². The van der Waals surface area contributed by atoms with Gasteiger partial charge in [-0.1, -0.05) is 36.4 Å². The van der Waals surface area contributed by atoms with Crippen LogP contribution in [-0.2, 0) is 14.6 Å². The zero-order chi connectivity index (χ0) is 17.0. The minimum atomic E-state index is -3.06. The Morgan fingerprint density at radius 3 is 2.25 bits per heavy atom. The summed E-state index contributed by atoms with van der Waals surface area (Å²) in [6.07, 6.45) is 0.480. The Hall–Kier alpha value is -2.34. The summed E-state index contributed by atoms with van der Waals surface area (Å²) in [5.74, 6) is 0.0338. The van der Waals surface area contributed by atoms with Gasteiger partial charge in [-0.2, -0.15) is 0 Å². The van der Waals surface area contributed by atoms with Gasteiger partial charge in [-0.25, -0.2) is 8.42 Å². The number of carbonyl (C=O) groups excluding carboxylic acids is 1. The Balaban J connectivity index is 1.78. The van der Waals surface area contributed by atoms with Gasteiger partial charge in [0, 0.05) is 11.4 Å². The van der Waals surface area contributed by atoms with Crippen molar-refractivity contribution < 1.29 is 13.2 Å². The maximum absolute atomic E-state index is 12.8. The SMILES string of the molecule is O=C(CNc1ccccc1)N(c1ccccc1)C1CCS(=O)(=O)C1. The summed E-state index contributed by atoms with van der Waals surface area (Å²) < 4.78 is 23.7. The number of nitrogens with zero attached hydrogens (tertiary/aromatic N) is 1. The van der Waals surface area contributed by atoms with Gasteiger partial charge < -0.3 is 10.2 Å². The van der Waals surface area contributed by atoms with E-state index in [9.17, 15) is 13.2 Å². The lowest BCUT2D eigenvalue weighted by molar-refractivity contribution is -0.117. The van der Waals surface area contributed by atoms with Crippen LogP contribution < -0.4 is 10.2 Å². The van der Waals surface area contributed by atoms with E-state index in [4.69, 9.17) is 0 Å². The van der Waals surface area contributed by atoms with Crippen LogP contribution in [0.5, 0.6) is 0 Å². The predicted octanol–water partition coefficient (Wildman–Crippen LogP) is 2.32. The maximum Gasteiger partial charge on any atom is 0.246 e. The van der Waals surface area contributed by atoms with E-state index in [1.165, 1.54) is 0 Å². The zero-order valence-corrected chi connectivity index (χ0v) is 14.1. The molecule has 0 aliphatic carbocycles. The molecule has 1 N–H and O–H groups in total. The Morgan fingerprint density at radius 2 is 1.67 bits per heavy atom. The highest BCUT2D eigenvalue weighted by Crippen LogP contribution is 2.24. The third kappa shape index (κ3) is 3.94. The van der Waals surface area contributed by atoms with Crippen molar-refractivity contribution in [1.82, 2.24) is 0 Å². The number of benzene rings is 2. The average molecular weight is 344 g/mol. The van der Waals surface area contributed by atoms with E-state index in [1.54, 1.807) is 4.90 Å². The number of hydrogen-bond donors (Lipinski definition) is 1. The highest BCUT2D eigenvalue weighted by molar-refractivity contribution is 7.91. The number of anilines is 2. The van der Waals surface area contributed by atoms with Crippen LogP contribution in [0.3, 0.4) is 0 Å². The van der Waals surface area contributed by atoms with E-state index in [1.807, 2.05) is 60.7 Å². The maximum atomic E-state index is 12.8. The molecule has 3 rings (SSSR count). The van der Waals surface area contributed by atoms with Gasteiger partial charge >= 0.3 is 0 Å². The molecular formula is C18H20N2O3S. The van der Waals surface area contributed by atoms with E-state index in [0.29, 0.717) is 6.42 Å². The van der Waals surface area contributed by atoms with Crippen LogP contribution in [0.4, 0.5) is 11.4 Å². The topological polar surface area (TPSA) is 66.5 Å². The quantitative estimate of drug-likeness (QED) is 0.904. The van der Waals surface area contributed by atoms with Gasteiger partial charge in [0.25, 0.3) is 0 Å². The molecule has 1 saturated heterocycles. The second kappa shape index (κ2) is 7.05. The second-order valence-corrected chi connectivity index (χ2v) is 8.10. The van der Waals surface area contributed by atoms with E-state index in [-0.39, 0.29) is 30.0 Å². The molecule has 0 spiro atoms. The van der Waals surface area contributed by atoms with Gasteiger partial charge in [-0.15, -0.1) is 0 Å². The number of rotatable bonds is 5. The lowest BCUT2D eigenvalue weighted by Gasteiger charge is -2.28. The molecule has 0 aromatic heterocycles. The second-order valence-electron chi connectivity index (χ2n) is 5.88. The number of hydrogen-bond acceptors (Lipinski definition) is 4. The molecule has 1 unspecified atom stereocenters. The van der Waals surface area contributed by atoms with Crippen molar-refractivity contribution >= 4 is 27.1 Å². The van der Waals surface area contributed by atoms with Crippen molar-refractivity contribution in [3.63, 3.8) is 0 Å². The molecule has 1 heterocycles. The summed E-state index contributed by atoms with van der Waals surface area (Å²) in [7, 11) is -3.06. The standard InChI is InChI=1S/C18H20N2O3S/c21-18(13-19-15-7-3-1-4-8-15)20(16-9-5-2-6-10-16)17-11-12-24(22,23)14-17/h1-10,17,19H,11-14H2. The summed E-state index contributed by atoms with van der Waals surface area (Å²) in [5, 5.41) is 3.10. The molecule has 1 atom stereocenters. The molecule has 24 heavy (non-hydrogen) atoms. The largest absolute Gasteiger partial charge is 0.376 e. The molecule has 1 aliphatic heterocycles. The van der Waals surface area contributed by atoms with E-state index in [0.717, 1.165) is 11.4 Å². The zero-order valence-electron chi connectivity index (χ0n) is 13.3. The average Bonchev–Trinajstić information content (AvgIpc) is 2.95. The fraction of sp³-hybridized carbons (Fsp3) is 0.278. The van der Waals surface area contributed by atoms with Crippen molar-refractivity contribution in [2.24, 2.45) is 0 Å². The van der Waals surface area contributed by atoms with Crippen LogP contribution in [0.25, 0.3) is 0 Å². The number of amides is 1. The highest BCUT2D eigenvalue weighted by atomic mass is 32.2. The molecule has 5 nitrogen and oxygen atoms in total. The molecular weight excluding hydrogens is 324 g/mol. The lowest BCUT2D eigenvalue weighted by Crippen LogP contribution is -2.44. The predicted molar refractivity (Wildman–Crippen MR) is 95.9 cm³/mol. The van der Waals surface area contributed by atoms with Crippen LogP contribution in [-0.4, -0.2) is 38.4 Å². The van der Waals surface area contributed by atoms with Crippen molar-refractivity contribution in [1.29, 1.82) is 0 Å². The number of sulfone groups is 1. The molecule has 6 heteroatoms. The Morgan fingerprint density at radius 1 is 1.04 bits per heavy atom. The first kappa shape index (κ1) is 16.5. The molecule has 2 aromatic rings. The van der Waals surface area contributed by atoms with Crippen LogP contribution in [0.1, 0.15) is 6.42 Å². The summed E-state index contributed by atoms with van der Waals surface area (Å²) in [5.41, 5.74) is 1.59. The molecule has 0 bridgehead atoms. The van der Waals surface area contributed by atoms with Gasteiger partial charge in [-0.3, -0.25) is 4.79 Å².